The van der Waals surface area contributed by atoms with Gasteiger partial charge in [-0.1, -0.05) is 0 Å². The SMILES string of the molecule is Cc1ccnc(NCC(C)(C)N2CCS(=O)CC2)n1. The standard InChI is InChI=1S/C13H22N4OS/c1-11-4-5-14-12(16-11)15-10-13(2,3)17-6-8-19(18)9-7-17/h4-5H,6-10H2,1-3H3,(H,14,15,16). The van der Waals surface area contributed by atoms with E-state index in [1.807, 2.05) is 13.0 Å². The van der Waals surface area contributed by atoms with Crippen molar-refractivity contribution in [1.82, 2.24) is 14.9 Å². The molecular formula is C13H22N4OS. The normalized spacial score (nSPS) is 18.5. The Balaban J connectivity index is 1.92. The van der Waals surface area contributed by atoms with Crippen molar-refractivity contribution < 1.29 is 4.21 Å². The summed E-state index contributed by atoms with van der Waals surface area (Å²) in [6.45, 7) is 8.93. The third-order valence-corrected chi connectivity index (χ3v) is 4.78. The molecule has 1 fully saturated rings. The van der Waals surface area contributed by atoms with E-state index in [9.17, 15) is 4.21 Å². The van der Waals surface area contributed by atoms with Crippen LogP contribution in [0.2, 0.25) is 0 Å². The van der Waals surface area contributed by atoms with Crippen molar-refractivity contribution in [3.8, 4) is 0 Å². The van der Waals surface area contributed by atoms with Gasteiger partial charge in [0, 0.05) is 59.4 Å². The van der Waals surface area contributed by atoms with Gasteiger partial charge in [0.2, 0.25) is 5.95 Å². The van der Waals surface area contributed by atoms with E-state index in [-0.39, 0.29) is 5.54 Å². The van der Waals surface area contributed by atoms with Crippen LogP contribution in [0, 0.1) is 6.92 Å². The zero-order valence-corrected chi connectivity index (χ0v) is 12.7. The summed E-state index contributed by atoms with van der Waals surface area (Å²) in [5, 5.41) is 3.29. The highest BCUT2D eigenvalue weighted by atomic mass is 32.2. The van der Waals surface area contributed by atoms with Gasteiger partial charge in [-0.05, 0) is 26.8 Å². The Hall–Kier alpha value is -1.01. The molecule has 0 spiro atoms. The van der Waals surface area contributed by atoms with Crippen LogP contribution >= 0.6 is 0 Å². The van der Waals surface area contributed by atoms with Crippen LogP contribution in [0.1, 0.15) is 19.5 Å². The molecule has 106 valence electrons. The van der Waals surface area contributed by atoms with E-state index in [0.29, 0.717) is 5.95 Å². The molecule has 6 heteroatoms. The average Bonchev–Trinajstić information content (AvgIpc) is 2.37. The Morgan fingerprint density at radius 2 is 2.11 bits per heavy atom. The molecule has 1 saturated heterocycles. The minimum atomic E-state index is -0.625. The highest BCUT2D eigenvalue weighted by Gasteiger charge is 2.29. The van der Waals surface area contributed by atoms with E-state index in [1.165, 1.54) is 0 Å². The monoisotopic (exact) mass is 282 g/mol. The van der Waals surface area contributed by atoms with Crippen LogP contribution in [0.3, 0.4) is 0 Å². The molecule has 0 bridgehead atoms. The zero-order chi connectivity index (χ0) is 13.9. The molecule has 1 N–H and O–H groups in total. The first kappa shape index (κ1) is 14.4. The summed E-state index contributed by atoms with van der Waals surface area (Å²) in [5.74, 6) is 2.24. The third kappa shape index (κ3) is 3.98. The maximum Gasteiger partial charge on any atom is 0.222 e. The van der Waals surface area contributed by atoms with Gasteiger partial charge in [-0.25, -0.2) is 9.97 Å². The first-order valence-corrected chi connectivity index (χ1v) is 8.10. The summed E-state index contributed by atoms with van der Waals surface area (Å²) in [4.78, 5) is 10.9. The average molecular weight is 282 g/mol. The minimum Gasteiger partial charge on any atom is -0.352 e. The van der Waals surface area contributed by atoms with Gasteiger partial charge in [0.1, 0.15) is 0 Å². The molecular weight excluding hydrogens is 260 g/mol. The molecule has 19 heavy (non-hydrogen) atoms. The van der Waals surface area contributed by atoms with E-state index >= 15 is 0 Å². The van der Waals surface area contributed by atoms with E-state index in [2.05, 4.69) is 34.0 Å². The lowest BCUT2D eigenvalue weighted by Gasteiger charge is -2.40. The van der Waals surface area contributed by atoms with Crippen LogP contribution in [-0.4, -0.2) is 55.8 Å². The summed E-state index contributed by atoms with van der Waals surface area (Å²) >= 11 is 0. The number of hydrogen-bond acceptors (Lipinski definition) is 5. The zero-order valence-electron chi connectivity index (χ0n) is 11.8. The lowest BCUT2D eigenvalue weighted by molar-refractivity contribution is 0.145. The summed E-state index contributed by atoms with van der Waals surface area (Å²) in [6.07, 6.45) is 1.77. The molecule has 1 aromatic rings. The lowest BCUT2D eigenvalue weighted by Crippen LogP contribution is -2.53. The molecule has 0 amide bonds. The molecule has 0 aromatic carbocycles. The highest BCUT2D eigenvalue weighted by molar-refractivity contribution is 7.85. The third-order valence-electron chi connectivity index (χ3n) is 3.51. The van der Waals surface area contributed by atoms with Crippen molar-refractivity contribution in [3.05, 3.63) is 18.0 Å². The van der Waals surface area contributed by atoms with Gasteiger partial charge in [-0.2, -0.15) is 0 Å². The van der Waals surface area contributed by atoms with Crippen LogP contribution in [0.25, 0.3) is 0 Å². The van der Waals surface area contributed by atoms with Crippen molar-refractivity contribution in [3.63, 3.8) is 0 Å². The molecule has 5 nitrogen and oxygen atoms in total. The first-order chi connectivity index (χ1) is 8.97. The number of aromatic nitrogens is 2. The smallest absolute Gasteiger partial charge is 0.222 e. The fourth-order valence-corrected chi connectivity index (χ4v) is 3.24. The summed E-state index contributed by atoms with van der Waals surface area (Å²) in [7, 11) is -0.625. The predicted octanol–water partition coefficient (Wildman–Crippen LogP) is 1.04. The largest absolute Gasteiger partial charge is 0.352 e. The molecule has 1 aliphatic heterocycles. The van der Waals surface area contributed by atoms with E-state index in [4.69, 9.17) is 0 Å². The van der Waals surface area contributed by atoms with Gasteiger partial charge in [0.15, 0.2) is 0 Å². The number of aryl methyl sites for hydroxylation is 1. The van der Waals surface area contributed by atoms with Crippen molar-refractivity contribution >= 4 is 16.7 Å². The maximum atomic E-state index is 11.4. The van der Waals surface area contributed by atoms with Crippen LogP contribution < -0.4 is 5.32 Å². The second kappa shape index (κ2) is 5.96. The summed E-state index contributed by atoms with van der Waals surface area (Å²) in [6, 6.07) is 1.89. The van der Waals surface area contributed by atoms with Crippen molar-refractivity contribution in [1.29, 1.82) is 0 Å². The van der Waals surface area contributed by atoms with Crippen LogP contribution in [0.15, 0.2) is 12.3 Å². The summed E-state index contributed by atoms with van der Waals surface area (Å²) < 4.78 is 11.4. The number of nitrogens with one attached hydrogen (secondary N) is 1. The molecule has 1 aromatic heterocycles. The maximum absolute atomic E-state index is 11.4. The molecule has 0 unspecified atom stereocenters. The molecule has 0 aliphatic carbocycles. The second-order valence-electron chi connectivity index (χ2n) is 5.52. The molecule has 0 saturated carbocycles. The van der Waals surface area contributed by atoms with Gasteiger partial charge in [0.05, 0.1) is 0 Å². The van der Waals surface area contributed by atoms with Gasteiger partial charge < -0.3 is 5.32 Å². The van der Waals surface area contributed by atoms with Crippen molar-refractivity contribution in [2.75, 3.05) is 36.5 Å². The molecule has 0 atom stereocenters. The van der Waals surface area contributed by atoms with Gasteiger partial charge in [-0.3, -0.25) is 9.11 Å². The highest BCUT2D eigenvalue weighted by Crippen LogP contribution is 2.17. The van der Waals surface area contributed by atoms with E-state index in [1.54, 1.807) is 6.20 Å². The number of hydrogen-bond donors (Lipinski definition) is 1. The Labute approximate surface area is 117 Å². The number of nitrogens with zero attached hydrogens (tertiary/aromatic N) is 3. The molecule has 2 rings (SSSR count). The first-order valence-electron chi connectivity index (χ1n) is 6.61. The fourth-order valence-electron chi connectivity index (χ4n) is 2.18. The Morgan fingerprint density at radius 1 is 1.42 bits per heavy atom. The predicted molar refractivity (Wildman–Crippen MR) is 78.8 cm³/mol. The number of rotatable bonds is 4. The fraction of sp³-hybridized carbons (Fsp3) is 0.692. The quantitative estimate of drug-likeness (QED) is 0.894. The van der Waals surface area contributed by atoms with Crippen molar-refractivity contribution in [2.45, 2.75) is 26.3 Å². The van der Waals surface area contributed by atoms with E-state index in [0.717, 1.165) is 36.8 Å². The van der Waals surface area contributed by atoms with E-state index < -0.39 is 10.8 Å². The molecule has 2 heterocycles. The van der Waals surface area contributed by atoms with Crippen molar-refractivity contribution in [2.24, 2.45) is 0 Å². The van der Waals surface area contributed by atoms with Crippen LogP contribution in [0.5, 0.6) is 0 Å². The van der Waals surface area contributed by atoms with Crippen LogP contribution in [-0.2, 0) is 10.8 Å². The Morgan fingerprint density at radius 3 is 2.74 bits per heavy atom. The van der Waals surface area contributed by atoms with Crippen LogP contribution in [0.4, 0.5) is 5.95 Å². The van der Waals surface area contributed by atoms with Gasteiger partial charge in [-0.15, -0.1) is 0 Å². The topological polar surface area (TPSA) is 58.1 Å². The Bertz CT molecular complexity index is 454. The minimum absolute atomic E-state index is 0.0116. The van der Waals surface area contributed by atoms with Gasteiger partial charge >= 0.3 is 0 Å². The van der Waals surface area contributed by atoms with Gasteiger partial charge in [0.25, 0.3) is 0 Å². The number of anilines is 1. The second-order valence-corrected chi connectivity index (χ2v) is 7.22. The molecule has 0 radical (unpaired) electrons. The molecule has 1 aliphatic rings. The lowest BCUT2D eigenvalue weighted by atomic mass is 10.0. The summed E-state index contributed by atoms with van der Waals surface area (Å²) in [5.41, 5.74) is 0.973. The Kier molecular flexibility index (Phi) is 4.52.